The molecule has 2 fully saturated rings. The summed E-state index contributed by atoms with van der Waals surface area (Å²) in [6.45, 7) is 8.03. The van der Waals surface area contributed by atoms with E-state index in [1.54, 1.807) is 16.7 Å². The smallest absolute Gasteiger partial charge is 0.247 e. The van der Waals surface area contributed by atoms with Gasteiger partial charge in [-0.25, -0.2) is 0 Å². The zero-order valence-corrected chi connectivity index (χ0v) is 15.8. The Balaban J connectivity index is 1.75. The van der Waals surface area contributed by atoms with Crippen LogP contribution >= 0.6 is 11.3 Å². The Morgan fingerprint density at radius 2 is 2.04 bits per heavy atom. The Morgan fingerprint density at radius 1 is 1.28 bits per heavy atom. The van der Waals surface area contributed by atoms with E-state index in [0.717, 1.165) is 4.88 Å². The zero-order chi connectivity index (χ0) is 18.1. The lowest BCUT2D eigenvalue weighted by molar-refractivity contribution is -0.165. The van der Waals surface area contributed by atoms with Crippen LogP contribution in [0, 0.1) is 5.92 Å². The van der Waals surface area contributed by atoms with Crippen molar-refractivity contribution in [3.8, 4) is 0 Å². The molecule has 1 aromatic rings. The van der Waals surface area contributed by atoms with E-state index in [2.05, 4.69) is 13.8 Å². The van der Waals surface area contributed by atoms with Crippen molar-refractivity contribution in [1.82, 2.24) is 14.7 Å². The van der Waals surface area contributed by atoms with Crippen LogP contribution in [0.3, 0.4) is 0 Å². The first-order chi connectivity index (χ1) is 11.9. The van der Waals surface area contributed by atoms with Crippen molar-refractivity contribution in [2.75, 3.05) is 26.2 Å². The van der Waals surface area contributed by atoms with Crippen molar-refractivity contribution >= 4 is 29.1 Å². The summed E-state index contributed by atoms with van der Waals surface area (Å²) in [4.78, 5) is 44.3. The first kappa shape index (κ1) is 17.9. The minimum atomic E-state index is -0.538. The second kappa shape index (κ2) is 7.15. The van der Waals surface area contributed by atoms with Gasteiger partial charge >= 0.3 is 0 Å². The average Bonchev–Trinajstić information content (AvgIpc) is 3.06. The summed E-state index contributed by atoms with van der Waals surface area (Å²) in [5.41, 5.74) is 0. The van der Waals surface area contributed by atoms with Crippen LogP contribution in [0.5, 0.6) is 0 Å². The van der Waals surface area contributed by atoms with Crippen LogP contribution in [0.25, 0.3) is 0 Å². The minimum absolute atomic E-state index is 0.0332. The van der Waals surface area contributed by atoms with Crippen LogP contribution in [0.2, 0.25) is 0 Å². The molecule has 2 atom stereocenters. The molecule has 6 nitrogen and oxygen atoms in total. The predicted octanol–water partition coefficient (Wildman–Crippen LogP) is 1.22. The van der Waals surface area contributed by atoms with Gasteiger partial charge in [0.25, 0.3) is 0 Å². The highest BCUT2D eigenvalue weighted by Crippen LogP contribution is 2.23. The summed E-state index contributed by atoms with van der Waals surface area (Å²) in [6, 6.07) is 2.78. The fraction of sp³-hybridized carbons (Fsp3) is 0.611. The molecule has 7 heteroatoms. The SMILES string of the molecule is CC(C)CN1CCN2C(=O)[C@H](C)N(C(=O)Cc3cccs3)C[C@H]2C1=O. The summed E-state index contributed by atoms with van der Waals surface area (Å²) in [5.74, 6) is 0.143. The van der Waals surface area contributed by atoms with E-state index < -0.39 is 12.1 Å². The van der Waals surface area contributed by atoms with Gasteiger partial charge in [0.05, 0.1) is 13.0 Å². The van der Waals surface area contributed by atoms with Gasteiger partial charge in [0.1, 0.15) is 12.1 Å². The van der Waals surface area contributed by atoms with Crippen LogP contribution in [-0.4, -0.2) is 70.7 Å². The van der Waals surface area contributed by atoms with Crippen molar-refractivity contribution in [2.24, 2.45) is 5.92 Å². The van der Waals surface area contributed by atoms with E-state index in [9.17, 15) is 14.4 Å². The first-order valence-electron chi connectivity index (χ1n) is 8.79. The Bertz CT molecular complexity index is 659. The van der Waals surface area contributed by atoms with Crippen LogP contribution < -0.4 is 0 Å². The normalized spacial score (nSPS) is 24.1. The third-order valence-corrected chi connectivity index (χ3v) is 5.75. The second-order valence-electron chi connectivity index (χ2n) is 7.20. The molecule has 0 aromatic carbocycles. The molecule has 0 N–H and O–H groups in total. The van der Waals surface area contributed by atoms with Crippen molar-refractivity contribution in [3.63, 3.8) is 0 Å². The molecule has 0 saturated carbocycles. The number of hydrogen-bond acceptors (Lipinski definition) is 4. The number of nitrogens with zero attached hydrogens (tertiary/aromatic N) is 3. The number of carbonyl (C=O) groups excluding carboxylic acids is 3. The van der Waals surface area contributed by atoms with Crippen LogP contribution in [0.15, 0.2) is 17.5 Å². The first-order valence-corrected chi connectivity index (χ1v) is 9.67. The quantitative estimate of drug-likeness (QED) is 0.808. The third kappa shape index (κ3) is 3.56. The lowest BCUT2D eigenvalue weighted by Crippen LogP contribution is -2.70. The second-order valence-corrected chi connectivity index (χ2v) is 8.24. The number of carbonyl (C=O) groups is 3. The Kier molecular flexibility index (Phi) is 5.13. The Hall–Kier alpha value is -1.89. The molecule has 25 heavy (non-hydrogen) atoms. The van der Waals surface area contributed by atoms with Gasteiger partial charge in [0.15, 0.2) is 0 Å². The van der Waals surface area contributed by atoms with Gasteiger partial charge < -0.3 is 14.7 Å². The van der Waals surface area contributed by atoms with E-state index in [1.165, 1.54) is 11.3 Å². The fourth-order valence-corrected chi connectivity index (χ4v) is 4.30. The molecule has 3 heterocycles. The van der Waals surface area contributed by atoms with Gasteiger partial charge in [-0.05, 0) is 24.3 Å². The molecular formula is C18H25N3O3S. The van der Waals surface area contributed by atoms with Gasteiger partial charge in [-0.1, -0.05) is 19.9 Å². The van der Waals surface area contributed by atoms with Crippen LogP contribution in [0.1, 0.15) is 25.6 Å². The van der Waals surface area contributed by atoms with E-state index in [0.29, 0.717) is 32.1 Å². The molecule has 0 aliphatic carbocycles. The molecule has 2 saturated heterocycles. The molecule has 0 unspecified atom stereocenters. The monoisotopic (exact) mass is 363 g/mol. The number of fused-ring (bicyclic) bond motifs is 1. The highest BCUT2D eigenvalue weighted by Gasteiger charge is 2.46. The molecule has 0 bridgehead atoms. The topological polar surface area (TPSA) is 60.9 Å². The molecule has 3 rings (SSSR count). The fourth-order valence-electron chi connectivity index (χ4n) is 3.60. The summed E-state index contributed by atoms with van der Waals surface area (Å²) < 4.78 is 0. The Labute approximate surface area is 152 Å². The van der Waals surface area contributed by atoms with E-state index in [-0.39, 0.29) is 24.1 Å². The summed E-state index contributed by atoms with van der Waals surface area (Å²) in [6.07, 6.45) is 0.284. The summed E-state index contributed by atoms with van der Waals surface area (Å²) >= 11 is 1.53. The van der Waals surface area contributed by atoms with Crippen LogP contribution in [-0.2, 0) is 20.8 Å². The van der Waals surface area contributed by atoms with Gasteiger partial charge in [-0.15, -0.1) is 11.3 Å². The molecule has 136 valence electrons. The van der Waals surface area contributed by atoms with Gasteiger partial charge in [-0.3, -0.25) is 14.4 Å². The maximum Gasteiger partial charge on any atom is 0.247 e. The zero-order valence-electron chi connectivity index (χ0n) is 15.0. The average molecular weight is 363 g/mol. The molecular weight excluding hydrogens is 338 g/mol. The standard InChI is InChI=1S/C18H25N3O3S/c1-12(2)10-19-6-7-20-15(18(19)24)11-21(13(3)17(20)23)16(22)9-14-5-4-8-25-14/h4-5,8,12-13,15H,6-7,9-11H2,1-3H3/t13-,15-/m0/s1. The molecule has 2 aliphatic heterocycles. The Morgan fingerprint density at radius 3 is 2.68 bits per heavy atom. The molecule has 0 spiro atoms. The van der Waals surface area contributed by atoms with Gasteiger partial charge in [0, 0.05) is 24.5 Å². The van der Waals surface area contributed by atoms with Crippen molar-refractivity contribution in [1.29, 1.82) is 0 Å². The highest BCUT2D eigenvalue weighted by atomic mass is 32.1. The molecule has 1 aromatic heterocycles. The van der Waals surface area contributed by atoms with Crippen molar-refractivity contribution < 1.29 is 14.4 Å². The van der Waals surface area contributed by atoms with Crippen molar-refractivity contribution in [2.45, 2.75) is 39.3 Å². The number of piperazine rings is 2. The maximum atomic E-state index is 12.8. The van der Waals surface area contributed by atoms with E-state index in [1.807, 2.05) is 22.4 Å². The molecule has 2 aliphatic rings. The van der Waals surface area contributed by atoms with Gasteiger partial charge in [-0.2, -0.15) is 0 Å². The highest BCUT2D eigenvalue weighted by molar-refractivity contribution is 7.10. The predicted molar refractivity (Wildman–Crippen MR) is 96.1 cm³/mol. The van der Waals surface area contributed by atoms with Gasteiger partial charge in [0.2, 0.25) is 17.7 Å². The van der Waals surface area contributed by atoms with E-state index >= 15 is 0 Å². The number of rotatable bonds is 4. The van der Waals surface area contributed by atoms with Crippen LogP contribution in [0.4, 0.5) is 0 Å². The lowest BCUT2D eigenvalue weighted by atomic mass is 10.0. The largest absolute Gasteiger partial charge is 0.339 e. The van der Waals surface area contributed by atoms with E-state index in [4.69, 9.17) is 0 Å². The number of thiophene rings is 1. The number of amides is 3. The minimum Gasteiger partial charge on any atom is -0.339 e. The molecule has 3 amide bonds. The molecule has 0 radical (unpaired) electrons. The van der Waals surface area contributed by atoms with Crippen molar-refractivity contribution in [3.05, 3.63) is 22.4 Å². The maximum absolute atomic E-state index is 12.8. The summed E-state index contributed by atoms with van der Waals surface area (Å²) in [5, 5.41) is 1.93. The lowest BCUT2D eigenvalue weighted by Gasteiger charge is -2.48. The number of hydrogen-bond donors (Lipinski definition) is 0. The third-order valence-electron chi connectivity index (χ3n) is 4.87. The summed E-state index contributed by atoms with van der Waals surface area (Å²) in [7, 11) is 0.